The van der Waals surface area contributed by atoms with Crippen LogP contribution in [-0.2, 0) is 16.1 Å². The van der Waals surface area contributed by atoms with Crippen LogP contribution in [0.25, 0.3) is 0 Å². The maximum absolute atomic E-state index is 14.0. The van der Waals surface area contributed by atoms with Crippen molar-refractivity contribution in [1.82, 2.24) is 4.53 Å². The number of nitrogens with zero attached hydrogens (tertiary/aromatic N) is 1. The number of hydrogen-bond donors (Lipinski definition) is 0. The second kappa shape index (κ2) is 10.2. The first-order chi connectivity index (χ1) is 18.8. The Labute approximate surface area is 221 Å². The first-order valence-corrected chi connectivity index (χ1v) is 10.6. The first-order valence-electron chi connectivity index (χ1n) is 9.15. The lowest BCUT2D eigenvalue weighted by Gasteiger charge is -2.42. The molecule has 29 heteroatoms. The zero-order chi connectivity index (χ0) is 36.0. The second-order valence-electron chi connectivity index (χ2n) is 7.67. The lowest BCUT2D eigenvalue weighted by Crippen LogP contribution is -2.75. The van der Waals surface area contributed by atoms with Crippen molar-refractivity contribution in [3.63, 3.8) is 0 Å². The van der Waals surface area contributed by atoms with Gasteiger partial charge in [-0.05, 0) is 0 Å². The molecule has 1 aromatic rings. The molecule has 0 N–H and O–H groups in total. The molecule has 0 aliphatic heterocycles. The molecule has 0 aromatic heterocycles. The van der Waals surface area contributed by atoms with Gasteiger partial charge >= 0.3 is 63.0 Å². The van der Waals surface area contributed by atoms with Crippen molar-refractivity contribution in [1.29, 1.82) is 0 Å². The van der Waals surface area contributed by atoms with E-state index in [1.807, 2.05) is 0 Å². The van der Waals surface area contributed by atoms with Crippen LogP contribution >= 0.6 is 0 Å². The van der Waals surface area contributed by atoms with Gasteiger partial charge in [0, 0.05) is 4.53 Å². The number of rotatable bonds is 10. The van der Waals surface area contributed by atoms with Crippen molar-refractivity contribution >= 4 is 10.0 Å². The highest BCUT2D eigenvalue weighted by Gasteiger charge is 2.96. The van der Waals surface area contributed by atoms with Gasteiger partial charge in [-0.2, -0.15) is 83.4 Å². The van der Waals surface area contributed by atoms with Crippen molar-refractivity contribution in [3.8, 4) is 0 Å². The van der Waals surface area contributed by atoms with Gasteiger partial charge in [-0.1, -0.05) is 0 Å². The summed E-state index contributed by atoms with van der Waals surface area (Å²) in [5.41, 5.74) is -4.24. The van der Waals surface area contributed by atoms with Gasteiger partial charge in [-0.15, -0.1) is 4.48 Å². The summed E-state index contributed by atoms with van der Waals surface area (Å²) in [6.07, 6.45) is -8.16. The average molecular weight is 733 g/mol. The number of alkyl halides is 19. The maximum Gasteiger partial charge on any atom is 0.460 e. The van der Waals surface area contributed by atoms with Gasteiger partial charge in [0.1, 0.15) is 5.56 Å². The zero-order valence-corrected chi connectivity index (χ0v) is 19.4. The van der Waals surface area contributed by atoms with Crippen LogP contribution in [0.5, 0.6) is 0 Å². The van der Waals surface area contributed by atoms with E-state index < -0.39 is 102 Å². The topological polar surface area (TPSA) is 37.4 Å². The van der Waals surface area contributed by atoms with Gasteiger partial charge in [0.05, 0.1) is 0 Å². The van der Waals surface area contributed by atoms with E-state index >= 15 is 0 Å². The van der Waals surface area contributed by atoms with E-state index in [1.165, 1.54) is 0 Å². The Kier molecular flexibility index (Phi) is 9.13. The van der Waals surface area contributed by atoms with E-state index in [-0.39, 0.29) is 0 Å². The molecular formula is C15F25NO2S. The molecule has 3 nitrogen and oxygen atoms in total. The molecule has 0 heterocycles. The number of sulfonamides is 1. The molecule has 1 aromatic carbocycles. The average Bonchev–Trinajstić information content (AvgIpc) is 2.84. The molecule has 1 rings (SSSR count). The van der Waals surface area contributed by atoms with Gasteiger partial charge in [0.25, 0.3) is 0 Å². The first kappa shape index (κ1) is 39.4. The van der Waals surface area contributed by atoms with Crippen LogP contribution in [0.15, 0.2) is 0 Å². The summed E-state index contributed by atoms with van der Waals surface area (Å²) in [5, 5.41) is -8.99. The van der Waals surface area contributed by atoms with Crippen molar-refractivity contribution in [2.75, 3.05) is 0 Å². The van der Waals surface area contributed by atoms with Crippen molar-refractivity contribution in [3.05, 3.63) is 34.6 Å². The van der Waals surface area contributed by atoms with Crippen LogP contribution < -0.4 is 0 Å². The molecule has 0 aliphatic carbocycles. The normalized spacial score (nSPS) is 15.8. The van der Waals surface area contributed by atoms with Gasteiger partial charge in [-0.25, -0.2) is 30.4 Å². The molecule has 0 saturated carbocycles. The zero-order valence-electron chi connectivity index (χ0n) is 18.6. The van der Waals surface area contributed by atoms with E-state index in [0.717, 1.165) is 0 Å². The van der Waals surface area contributed by atoms with Gasteiger partial charge < -0.3 is 0 Å². The van der Waals surface area contributed by atoms with E-state index in [2.05, 4.69) is 0 Å². The molecule has 0 amide bonds. The summed E-state index contributed by atoms with van der Waals surface area (Å²) in [6, 6.07) is -7.54. The Morgan fingerprint density at radius 1 is 0.409 bits per heavy atom. The minimum Gasteiger partial charge on any atom is -0.203 e. The molecule has 0 atom stereocenters. The van der Waals surface area contributed by atoms with Gasteiger partial charge in [0.2, 0.25) is 5.82 Å². The highest BCUT2D eigenvalue weighted by molar-refractivity contribution is 7.90. The van der Waals surface area contributed by atoms with Crippen molar-refractivity contribution in [2.24, 2.45) is 0 Å². The van der Waals surface area contributed by atoms with E-state index in [4.69, 9.17) is 0 Å². The van der Waals surface area contributed by atoms with Crippen LogP contribution in [0.2, 0.25) is 0 Å². The smallest absolute Gasteiger partial charge is 0.203 e. The van der Waals surface area contributed by atoms with E-state index in [0.29, 0.717) is 0 Å². The SMILES string of the molecule is O=S(=O)(N(F)C(F)(F)c1c(F)c(F)c(F)c(F)c1F)C(F)(F)C(F)(F)C(F)(F)C(F)(F)C(F)(F)C(F)(F)C(F)(F)C(F)(F)F. The molecule has 0 fully saturated rings. The Balaban J connectivity index is 3.95. The van der Waals surface area contributed by atoms with E-state index in [1.54, 1.807) is 0 Å². The van der Waals surface area contributed by atoms with E-state index in [9.17, 15) is 118 Å². The van der Waals surface area contributed by atoms with Crippen molar-refractivity contribution in [2.45, 2.75) is 53.0 Å². The van der Waals surface area contributed by atoms with Crippen LogP contribution in [0.3, 0.4) is 0 Å². The molecule has 44 heavy (non-hydrogen) atoms. The molecule has 0 bridgehead atoms. The summed E-state index contributed by atoms with van der Waals surface area (Å²) in [6.45, 7) is 0. The summed E-state index contributed by atoms with van der Waals surface area (Å²) < 4.78 is 351. The fourth-order valence-electron chi connectivity index (χ4n) is 2.52. The summed E-state index contributed by atoms with van der Waals surface area (Å²) >= 11 is 0. The largest absolute Gasteiger partial charge is 0.460 e. The molecule has 0 saturated heterocycles. The Bertz CT molecular complexity index is 1370. The Morgan fingerprint density at radius 3 is 0.955 bits per heavy atom. The molecule has 0 radical (unpaired) electrons. The van der Waals surface area contributed by atoms with Crippen LogP contribution in [0, 0.1) is 29.1 Å². The predicted octanol–water partition coefficient (Wildman–Crippen LogP) is 7.91. The third-order valence-corrected chi connectivity index (χ3v) is 6.52. The Hall–Kier alpha value is -2.62. The fourth-order valence-corrected chi connectivity index (χ4v) is 3.57. The van der Waals surface area contributed by atoms with Crippen LogP contribution in [0.1, 0.15) is 5.56 Å². The molecule has 0 aliphatic rings. The molecule has 258 valence electrons. The van der Waals surface area contributed by atoms with Crippen molar-refractivity contribution < 1.29 is 118 Å². The third-order valence-electron chi connectivity index (χ3n) is 4.96. The minimum absolute atomic E-state index is 3.46. The molecule has 0 spiro atoms. The Morgan fingerprint density at radius 2 is 0.659 bits per heavy atom. The number of halogens is 25. The summed E-state index contributed by atoms with van der Waals surface area (Å²) in [5.74, 6) is -74.2. The van der Waals surface area contributed by atoms with Gasteiger partial charge in [-0.3, -0.25) is 0 Å². The quantitative estimate of drug-likeness (QED) is 0.0807. The third kappa shape index (κ3) is 4.68. The highest BCUT2D eigenvalue weighted by Crippen LogP contribution is 2.65. The summed E-state index contributed by atoms with van der Waals surface area (Å²) in [7, 11) is -9.56. The van der Waals surface area contributed by atoms with Crippen LogP contribution in [-0.4, -0.2) is 59.9 Å². The monoisotopic (exact) mass is 733 g/mol. The standard InChI is InChI=1S/C15F25NO2S/c16-2-1(3(17)5(19)6(20)4(2)18)7(21,22)41(40)44(42,43)15(38,39)13(33,34)11(29,30)9(25,26)8(23,24)10(27,28)12(31,32)14(35,36)37. The van der Waals surface area contributed by atoms with Gasteiger partial charge in [0.15, 0.2) is 23.3 Å². The van der Waals surface area contributed by atoms with Crippen LogP contribution in [0.4, 0.5) is 110 Å². The molecule has 0 unspecified atom stereocenters. The lowest BCUT2D eigenvalue weighted by molar-refractivity contribution is -0.458. The highest BCUT2D eigenvalue weighted by atomic mass is 32.2. The molecular weight excluding hydrogens is 733 g/mol. The number of benzene rings is 1. The maximum atomic E-state index is 14.0. The predicted molar refractivity (Wildman–Crippen MR) is 82.7 cm³/mol. The second-order valence-corrected chi connectivity index (χ2v) is 9.45. The number of hydrogen-bond acceptors (Lipinski definition) is 2. The fraction of sp³-hybridized carbons (Fsp3) is 0.600. The summed E-state index contributed by atoms with van der Waals surface area (Å²) in [4.78, 5) is 0. The minimum atomic E-state index is -9.56. The lowest BCUT2D eigenvalue weighted by atomic mass is 9.91.